The lowest BCUT2D eigenvalue weighted by Gasteiger charge is -2.11. The highest BCUT2D eigenvalue weighted by Crippen LogP contribution is 2.51. The van der Waals surface area contributed by atoms with Crippen LogP contribution in [-0.4, -0.2) is 25.0 Å². The Bertz CT molecular complexity index is 219. The number of hydrogen-bond donors (Lipinski definition) is 2. The fraction of sp³-hybridized carbons (Fsp3) is 0.900. The van der Waals surface area contributed by atoms with Gasteiger partial charge in [-0.3, -0.25) is 4.79 Å². The van der Waals surface area contributed by atoms with Crippen LogP contribution in [0.5, 0.6) is 0 Å². The van der Waals surface area contributed by atoms with E-state index in [1.807, 2.05) is 0 Å². The zero-order valence-corrected chi connectivity index (χ0v) is 8.39. The summed E-state index contributed by atoms with van der Waals surface area (Å²) in [5.41, 5.74) is 0.260. The Hall–Kier alpha value is -0.570. The lowest BCUT2D eigenvalue weighted by molar-refractivity contribution is -0.123. The van der Waals surface area contributed by atoms with Crippen LogP contribution < -0.4 is 10.6 Å². The van der Waals surface area contributed by atoms with Crippen LogP contribution in [0.4, 0.5) is 0 Å². The molecule has 0 aromatic carbocycles. The highest BCUT2D eigenvalue weighted by Gasteiger charge is 2.50. The maximum atomic E-state index is 11.6. The minimum atomic E-state index is 0.260. The number of amides is 1. The van der Waals surface area contributed by atoms with Crippen molar-refractivity contribution in [1.82, 2.24) is 10.6 Å². The molecular weight excluding hydrogens is 164 g/mol. The van der Waals surface area contributed by atoms with Crippen LogP contribution >= 0.6 is 0 Å². The second-order valence-corrected chi connectivity index (χ2v) is 4.94. The van der Waals surface area contributed by atoms with E-state index in [4.69, 9.17) is 0 Å². The number of nitrogens with one attached hydrogen (secondary N) is 2. The largest absolute Gasteiger partial charge is 0.352 e. The van der Waals surface area contributed by atoms with Gasteiger partial charge >= 0.3 is 0 Å². The molecule has 13 heavy (non-hydrogen) atoms. The molecule has 3 heteroatoms. The molecule has 0 bridgehead atoms. The van der Waals surface area contributed by atoms with E-state index >= 15 is 0 Å². The van der Waals surface area contributed by atoms with Crippen molar-refractivity contribution in [2.45, 2.75) is 32.7 Å². The molecule has 74 valence electrons. The van der Waals surface area contributed by atoms with Gasteiger partial charge in [-0.25, -0.2) is 0 Å². The predicted molar refractivity (Wildman–Crippen MR) is 51.3 cm³/mol. The normalized spacial score (nSPS) is 35.8. The van der Waals surface area contributed by atoms with Crippen molar-refractivity contribution in [2.75, 3.05) is 13.1 Å². The SMILES string of the molecule is CC1(C)C[C@H]1C(=O)N[C@H]1CCNC1. The fourth-order valence-corrected chi connectivity index (χ4v) is 1.99. The van der Waals surface area contributed by atoms with Gasteiger partial charge in [-0.2, -0.15) is 0 Å². The molecule has 2 atom stereocenters. The minimum absolute atomic E-state index is 0.260. The van der Waals surface area contributed by atoms with E-state index in [0.29, 0.717) is 6.04 Å². The summed E-state index contributed by atoms with van der Waals surface area (Å²) in [6.45, 7) is 6.30. The Morgan fingerprint density at radius 3 is 2.69 bits per heavy atom. The van der Waals surface area contributed by atoms with Gasteiger partial charge in [0.2, 0.25) is 5.91 Å². The number of carbonyl (C=O) groups excluding carboxylic acids is 1. The summed E-state index contributed by atoms with van der Waals surface area (Å²) in [7, 11) is 0. The number of hydrogen-bond acceptors (Lipinski definition) is 2. The molecule has 2 aliphatic rings. The molecule has 1 amide bonds. The summed E-state index contributed by atoms with van der Waals surface area (Å²) in [6.07, 6.45) is 2.14. The maximum Gasteiger partial charge on any atom is 0.223 e. The van der Waals surface area contributed by atoms with Gasteiger partial charge in [0.05, 0.1) is 0 Å². The third-order valence-corrected chi connectivity index (χ3v) is 3.24. The fourth-order valence-electron chi connectivity index (χ4n) is 1.99. The molecule has 1 heterocycles. The van der Waals surface area contributed by atoms with Crippen molar-refractivity contribution < 1.29 is 4.79 Å². The standard InChI is InChI=1S/C10H18N2O/c1-10(2)5-8(10)9(13)12-7-3-4-11-6-7/h7-8,11H,3-6H2,1-2H3,(H,12,13)/t7-,8-/m0/s1. The second kappa shape index (κ2) is 2.98. The monoisotopic (exact) mass is 182 g/mol. The van der Waals surface area contributed by atoms with Gasteiger partial charge in [0.25, 0.3) is 0 Å². The molecule has 0 radical (unpaired) electrons. The molecule has 2 fully saturated rings. The van der Waals surface area contributed by atoms with Gasteiger partial charge in [-0.05, 0) is 24.8 Å². The molecule has 3 nitrogen and oxygen atoms in total. The molecule has 1 aliphatic heterocycles. The highest BCUT2D eigenvalue weighted by atomic mass is 16.2. The Morgan fingerprint density at radius 1 is 1.54 bits per heavy atom. The van der Waals surface area contributed by atoms with Gasteiger partial charge in [0.15, 0.2) is 0 Å². The molecule has 0 aromatic heterocycles. The topological polar surface area (TPSA) is 41.1 Å². The Kier molecular flexibility index (Phi) is 2.06. The van der Waals surface area contributed by atoms with Crippen molar-refractivity contribution in [3.8, 4) is 0 Å². The van der Waals surface area contributed by atoms with Gasteiger partial charge in [0.1, 0.15) is 0 Å². The lowest BCUT2D eigenvalue weighted by atomic mass is 10.1. The molecule has 2 N–H and O–H groups in total. The van der Waals surface area contributed by atoms with E-state index < -0.39 is 0 Å². The van der Waals surface area contributed by atoms with Crippen LogP contribution in [0.2, 0.25) is 0 Å². The van der Waals surface area contributed by atoms with Gasteiger partial charge in [0, 0.05) is 18.5 Å². The van der Waals surface area contributed by atoms with Crippen LogP contribution in [0, 0.1) is 11.3 Å². The third kappa shape index (κ3) is 1.85. The van der Waals surface area contributed by atoms with E-state index in [9.17, 15) is 4.79 Å². The second-order valence-electron chi connectivity index (χ2n) is 4.94. The maximum absolute atomic E-state index is 11.6. The summed E-state index contributed by atoms with van der Waals surface area (Å²) in [5.74, 6) is 0.534. The minimum Gasteiger partial charge on any atom is -0.352 e. The Morgan fingerprint density at radius 2 is 2.23 bits per heavy atom. The van der Waals surface area contributed by atoms with Crippen LogP contribution in [-0.2, 0) is 4.79 Å². The van der Waals surface area contributed by atoms with E-state index in [0.717, 1.165) is 25.9 Å². The van der Waals surface area contributed by atoms with Crippen molar-refractivity contribution in [3.05, 3.63) is 0 Å². The van der Waals surface area contributed by atoms with E-state index in [-0.39, 0.29) is 17.2 Å². The summed E-state index contributed by atoms with van der Waals surface area (Å²) in [5, 5.41) is 6.34. The van der Waals surface area contributed by atoms with Crippen LogP contribution in [0.1, 0.15) is 26.7 Å². The summed E-state index contributed by atoms with van der Waals surface area (Å²) in [4.78, 5) is 11.6. The van der Waals surface area contributed by atoms with E-state index in [2.05, 4.69) is 24.5 Å². The van der Waals surface area contributed by atoms with Gasteiger partial charge in [-0.15, -0.1) is 0 Å². The Labute approximate surface area is 79.3 Å². The van der Waals surface area contributed by atoms with Crippen molar-refractivity contribution in [3.63, 3.8) is 0 Å². The predicted octanol–water partition coefficient (Wildman–Crippen LogP) is 0.511. The Balaban J connectivity index is 1.79. The molecule has 1 aliphatic carbocycles. The zero-order valence-electron chi connectivity index (χ0n) is 8.39. The first kappa shape index (κ1) is 9.00. The van der Waals surface area contributed by atoms with Crippen LogP contribution in [0.25, 0.3) is 0 Å². The molecular formula is C10H18N2O. The van der Waals surface area contributed by atoms with E-state index in [1.165, 1.54) is 0 Å². The lowest BCUT2D eigenvalue weighted by Crippen LogP contribution is -2.37. The quantitative estimate of drug-likeness (QED) is 0.653. The highest BCUT2D eigenvalue weighted by molar-refractivity contribution is 5.82. The first-order valence-corrected chi connectivity index (χ1v) is 5.11. The summed E-state index contributed by atoms with van der Waals surface area (Å²) < 4.78 is 0. The summed E-state index contributed by atoms with van der Waals surface area (Å²) >= 11 is 0. The van der Waals surface area contributed by atoms with Crippen LogP contribution in [0.15, 0.2) is 0 Å². The van der Waals surface area contributed by atoms with E-state index in [1.54, 1.807) is 0 Å². The molecule has 0 unspecified atom stereocenters. The number of carbonyl (C=O) groups is 1. The first-order valence-electron chi connectivity index (χ1n) is 5.11. The third-order valence-electron chi connectivity index (χ3n) is 3.24. The molecule has 1 saturated carbocycles. The average Bonchev–Trinajstić information content (AvgIpc) is 2.49. The molecule has 0 aromatic rings. The zero-order chi connectivity index (χ0) is 9.47. The number of rotatable bonds is 2. The van der Waals surface area contributed by atoms with Gasteiger partial charge < -0.3 is 10.6 Å². The molecule has 1 saturated heterocycles. The van der Waals surface area contributed by atoms with Crippen LogP contribution in [0.3, 0.4) is 0 Å². The van der Waals surface area contributed by atoms with Crippen molar-refractivity contribution >= 4 is 5.91 Å². The van der Waals surface area contributed by atoms with Crippen molar-refractivity contribution in [2.24, 2.45) is 11.3 Å². The smallest absolute Gasteiger partial charge is 0.223 e. The summed E-state index contributed by atoms with van der Waals surface area (Å²) in [6, 6.07) is 0.379. The van der Waals surface area contributed by atoms with Gasteiger partial charge in [-0.1, -0.05) is 13.8 Å². The first-order chi connectivity index (χ1) is 6.09. The molecule has 0 spiro atoms. The molecule has 2 rings (SSSR count). The van der Waals surface area contributed by atoms with Crippen molar-refractivity contribution in [1.29, 1.82) is 0 Å². The average molecular weight is 182 g/mol.